The summed E-state index contributed by atoms with van der Waals surface area (Å²) >= 11 is 1.10. The first-order chi connectivity index (χ1) is 11.2. The molecule has 6 heteroatoms. The van der Waals surface area contributed by atoms with Crippen LogP contribution in [0.4, 0.5) is 0 Å². The molecule has 0 aliphatic rings. The molecule has 0 saturated carbocycles. The molecule has 0 atom stereocenters. The summed E-state index contributed by atoms with van der Waals surface area (Å²) in [7, 11) is 0. The minimum Gasteiger partial charge on any atom is -0.465 e. The number of benzene rings is 2. The van der Waals surface area contributed by atoms with Gasteiger partial charge in [-0.05, 0) is 31.2 Å². The van der Waals surface area contributed by atoms with Crippen molar-refractivity contribution in [1.82, 2.24) is 4.57 Å². The summed E-state index contributed by atoms with van der Waals surface area (Å²) in [4.78, 5) is 23.6. The summed E-state index contributed by atoms with van der Waals surface area (Å²) in [5.74, 6) is 0.893. The Balaban J connectivity index is 1.94. The molecule has 0 fully saturated rings. The van der Waals surface area contributed by atoms with Gasteiger partial charge in [-0.25, -0.2) is 0 Å². The summed E-state index contributed by atoms with van der Waals surface area (Å²) in [6, 6.07) is 14.8. The molecule has 118 valence electrons. The number of aromatic nitrogens is 1. The number of hydrogen-bond donors (Lipinski definition) is 0. The third kappa shape index (κ3) is 3.43. The molecule has 1 heterocycles. The monoisotopic (exact) mass is 329 g/mol. The van der Waals surface area contributed by atoms with E-state index in [2.05, 4.69) is 0 Å². The van der Waals surface area contributed by atoms with Gasteiger partial charge in [0.15, 0.2) is 0 Å². The lowest BCUT2D eigenvalue weighted by molar-refractivity contribution is -0.143. The molecule has 0 N–H and O–H groups in total. The summed E-state index contributed by atoms with van der Waals surface area (Å²) in [6.07, 6.45) is 0. The highest BCUT2D eigenvalue weighted by Crippen LogP contribution is 2.26. The van der Waals surface area contributed by atoms with Gasteiger partial charge in [0.2, 0.25) is 0 Å². The van der Waals surface area contributed by atoms with Crippen molar-refractivity contribution in [3.8, 4) is 11.5 Å². The van der Waals surface area contributed by atoms with Crippen molar-refractivity contribution in [1.29, 1.82) is 0 Å². The van der Waals surface area contributed by atoms with Gasteiger partial charge < -0.3 is 9.47 Å². The van der Waals surface area contributed by atoms with E-state index in [4.69, 9.17) is 9.47 Å². The van der Waals surface area contributed by atoms with Gasteiger partial charge in [0.05, 0.1) is 16.8 Å². The van der Waals surface area contributed by atoms with Crippen molar-refractivity contribution in [3.05, 3.63) is 58.2 Å². The summed E-state index contributed by atoms with van der Waals surface area (Å²) < 4.78 is 12.9. The topological polar surface area (TPSA) is 57.5 Å². The summed E-state index contributed by atoms with van der Waals surface area (Å²) in [5, 5.41) is 0. The fourth-order valence-electron chi connectivity index (χ4n) is 2.22. The van der Waals surface area contributed by atoms with Crippen LogP contribution >= 0.6 is 11.3 Å². The molecular formula is C17H15NO4S. The Kier molecular flexibility index (Phi) is 4.43. The Morgan fingerprint density at radius 3 is 2.65 bits per heavy atom. The molecule has 23 heavy (non-hydrogen) atoms. The summed E-state index contributed by atoms with van der Waals surface area (Å²) in [5.41, 5.74) is 0.668. The van der Waals surface area contributed by atoms with E-state index >= 15 is 0 Å². The zero-order valence-corrected chi connectivity index (χ0v) is 13.3. The predicted molar refractivity (Wildman–Crippen MR) is 89.2 cm³/mol. The van der Waals surface area contributed by atoms with Gasteiger partial charge in [-0.2, -0.15) is 0 Å². The number of thiazole rings is 1. The number of para-hydroxylation sites is 1. The second kappa shape index (κ2) is 6.66. The highest BCUT2D eigenvalue weighted by atomic mass is 32.1. The molecule has 3 aromatic rings. The molecule has 1 aromatic heterocycles. The van der Waals surface area contributed by atoms with E-state index < -0.39 is 5.97 Å². The number of hydrogen-bond acceptors (Lipinski definition) is 5. The average molecular weight is 329 g/mol. The minimum absolute atomic E-state index is 0.0958. The van der Waals surface area contributed by atoms with Gasteiger partial charge in [0, 0.05) is 6.07 Å². The highest BCUT2D eigenvalue weighted by Gasteiger charge is 2.13. The van der Waals surface area contributed by atoms with Crippen molar-refractivity contribution in [2.75, 3.05) is 6.61 Å². The third-order valence-electron chi connectivity index (χ3n) is 3.21. The molecule has 2 aromatic carbocycles. The maximum Gasteiger partial charge on any atom is 0.326 e. The second-order valence-corrected chi connectivity index (χ2v) is 5.80. The van der Waals surface area contributed by atoms with Crippen molar-refractivity contribution >= 4 is 27.5 Å². The van der Waals surface area contributed by atoms with Gasteiger partial charge in [0.25, 0.3) is 0 Å². The number of ether oxygens (including phenoxy) is 2. The average Bonchev–Trinajstić information content (AvgIpc) is 2.84. The minimum atomic E-state index is -0.427. The first-order valence-corrected chi connectivity index (χ1v) is 8.01. The van der Waals surface area contributed by atoms with Crippen LogP contribution in [0.1, 0.15) is 6.92 Å². The largest absolute Gasteiger partial charge is 0.465 e. The lowest BCUT2D eigenvalue weighted by Crippen LogP contribution is -2.20. The van der Waals surface area contributed by atoms with Crippen LogP contribution in [0.25, 0.3) is 10.2 Å². The van der Waals surface area contributed by atoms with E-state index in [0.29, 0.717) is 17.0 Å². The van der Waals surface area contributed by atoms with Crippen molar-refractivity contribution in [3.63, 3.8) is 0 Å². The van der Waals surface area contributed by atoms with Crippen molar-refractivity contribution in [2.45, 2.75) is 13.5 Å². The normalized spacial score (nSPS) is 10.7. The van der Waals surface area contributed by atoms with Crippen molar-refractivity contribution in [2.24, 2.45) is 0 Å². The van der Waals surface area contributed by atoms with Crippen LogP contribution in [0.15, 0.2) is 53.3 Å². The van der Waals surface area contributed by atoms with Gasteiger partial charge in [-0.3, -0.25) is 14.2 Å². The van der Waals surface area contributed by atoms with E-state index in [-0.39, 0.29) is 18.0 Å². The number of esters is 1. The fourth-order valence-corrected chi connectivity index (χ4v) is 3.09. The predicted octanol–water partition coefficient (Wildman–Crippen LogP) is 3.42. The van der Waals surface area contributed by atoms with Crippen LogP contribution in [-0.2, 0) is 16.1 Å². The van der Waals surface area contributed by atoms with Crippen LogP contribution < -0.4 is 9.61 Å². The molecule has 0 radical (unpaired) electrons. The van der Waals surface area contributed by atoms with Crippen LogP contribution in [0.5, 0.6) is 11.5 Å². The molecular weight excluding hydrogens is 314 g/mol. The molecule has 0 bridgehead atoms. The molecule has 5 nitrogen and oxygen atoms in total. The van der Waals surface area contributed by atoms with Crippen LogP contribution in [0, 0.1) is 0 Å². The van der Waals surface area contributed by atoms with Crippen LogP contribution in [0.3, 0.4) is 0 Å². The quantitative estimate of drug-likeness (QED) is 0.673. The van der Waals surface area contributed by atoms with Crippen LogP contribution in [-0.4, -0.2) is 17.1 Å². The molecule has 0 amide bonds. The Labute approximate surface area is 136 Å². The van der Waals surface area contributed by atoms with Gasteiger partial charge in [0.1, 0.15) is 18.0 Å². The first kappa shape index (κ1) is 15.3. The van der Waals surface area contributed by atoms with Crippen LogP contribution in [0.2, 0.25) is 0 Å². The summed E-state index contributed by atoms with van der Waals surface area (Å²) in [6.45, 7) is 1.93. The Hall–Kier alpha value is -2.60. The maximum absolute atomic E-state index is 12.1. The first-order valence-electron chi connectivity index (χ1n) is 7.19. The zero-order valence-electron chi connectivity index (χ0n) is 12.5. The number of rotatable bonds is 5. The van der Waals surface area contributed by atoms with Crippen molar-refractivity contribution < 1.29 is 14.3 Å². The number of fused-ring (bicyclic) bond motifs is 1. The zero-order chi connectivity index (χ0) is 16.2. The van der Waals surface area contributed by atoms with Gasteiger partial charge in [-0.1, -0.05) is 29.5 Å². The molecule has 0 aliphatic carbocycles. The van der Waals surface area contributed by atoms with E-state index in [1.165, 1.54) is 4.57 Å². The van der Waals surface area contributed by atoms with E-state index in [9.17, 15) is 9.59 Å². The standard InChI is InChI=1S/C17H15NO4S/c1-2-21-16(19)11-18-14-10-13(8-9-15(14)23-17(18)20)22-12-6-4-3-5-7-12/h3-10H,2,11H2,1H3. The lowest BCUT2D eigenvalue weighted by Gasteiger charge is -2.07. The Morgan fingerprint density at radius 2 is 1.91 bits per heavy atom. The SMILES string of the molecule is CCOC(=O)Cn1c(=O)sc2ccc(Oc3ccccc3)cc21. The van der Waals surface area contributed by atoms with Gasteiger partial charge in [-0.15, -0.1) is 0 Å². The number of carbonyl (C=O) groups is 1. The van der Waals surface area contributed by atoms with E-state index in [1.54, 1.807) is 19.1 Å². The number of carbonyl (C=O) groups excluding carboxylic acids is 1. The highest BCUT2D eigenvalue weighted by molar-refractivity contribution is 7.16. The number of nitrogens with zero attached hydrogens (tertiary/aromatic N) is 1. The third-order valence-corrected chi connectivity index (χ3v) is 4.17. The Morgan fingerprint density at radius 1 is 1.13 bits per heavy atom. The maximum atomic E-state index is 12.1. The molecule has 3 rings (SSSR count). The second-order valence-electron chi connectivity index (χ2n) is 4.80. The fraction of sp³-hybridized carbons (Fsp3) is 0.176. The van der Waals surface area contributed by atoms with Gasteiger partial charge >= 0.3 is 10.8 Å². The molecule has 0 aliphatic heterocycles. The Bertz CT molecular complexity index is 882. The molecule has 0 saturated heterocycles. The lowest BCUT2D eigenvalue weighted by atomic mass is 10.3. The molecule has 0 spiro atoms. The van der Waals surface area contributed by atoms with E-state index in [0.717, 1.165) is 16.0 Å². The van der Waals surface area contributed by atoms with E-state index in [1.807, 2.05) is 36.4 Å². The smallest absolute Gasteiger partial charge is 0.326 e. The molecule has 0 unspecified atom stereocenters.